The van der Waals surface area contributed by atoms with Crippen LogP contribution in [0.1, 0.15) is 32.5 Å². The van der Waals surface area contributed by atoms with Crippen LogP contribution in [-0.4, -0.2) is 40.1 Å². The van der Waals surface area contributed by atoms with Gasteiger partial charge >= 0.3 is 0 Å². The van der Waals surface area contributed by atoms with Crippen molar-refractivity contribution in [3.05, 3.63) is 30.1 Å². The molecule has 0 unspecified atom stereocenters. The summed E-state index contributed by atoms with van der Waals surface area (Å²) in [6, 6.07) is 8.02. The Morgan fingerprint density at radius 3 is 2.83 bits per heavy atom. The molecule has 0 radical (unpaired) electrons. The maximum absolute atomic E-state index is 11.8. The number of hydrogen-bond acceptors (Lipinski definition) is 4. The van der Waals surface area contributed by atoms with Gasteiger partial charge in [0, 0.05) is 19.0 Å². The third-order valence-electron chi connectivity index (χ3n) is 3.60. The van der Waals surface area contributed by atoms with Gasteiger partial charge in [-0.05, 0) is 25.5 Å². The second-order valence-electron chi connectivity index (χ2n) is 5.67. The molecule has 3 N–H and O–H groups in total. The highest BCUT2D eigenvalue weighted by Crippen LogP contribution is 2.14. The number of nitrogens with one attached hydrogen (secondary N) is 3. The summed E-state index contributed by atoms with van der Waals surface area (Å²) in [4.78, 5) is 31.1. The maximum atomic E-state index is 11.8. The van der Waals surface area contributed by atoms with Crippen LogP contribution < -0.4 is 10.6 Å². The molecule has 0 spiro atoms. The first kappa shape index (κ1) is 18.3. The van der Waals surface area contributed by atoms with Crippen LogP contribution in [0.5, 0.6) is 0 Å². The summed E-state index contributed by atoms with van der Waals surface area (Å²) in [7, 11) is 0. The average Bonchev–Trinajstić information content (AvgIpc) is 2.97. The third-order valence-corrected chi connectivity index (χ3v) is 4.55. The zero-order valence-electron chi connectivity index (χ0n) is 14.1. The molecular formula is C17H24N4O2S. The van der Waals surface area contributed by atoms with E-state index in [1.807, 2.05) is 38.1 Å². The molecule has 2 rings (SSSR count). The number of para-hydroxylation sites is 2. The topological polar surface area (TPSA) is 86.9 Å². The Kier molecular flexibility index (Phi) is 7.11. The monoisotopic (exact) mass is 348 g/mol. The molecule has 1 atom stereocenters. The molecule has 0 bridgehead atoms. The quantitative estimate of drug-likeness (QED) is 0.648. The zero-order valence-corrected chi connectivity index (χ0v) is 14.9. The van der Waals surface area contributed by atoms with Gasteiger partial charge < -0.3 is 15.6 Å². The summed E-state index contributed by atoms with van der Waals surface area (Å²) in [5, 5.41) is 5.64. The summed E-state index contributed by atoms with van der Waals surface area (Å²) in [5.41, 5.74) is 1.94. The van der Waals surface area contributed by atoms with E-state index >= 15 is 0 Å². The van der Waals surface area contributed by atoms with E-state index in [1.165, 1.54) is 11.8 Å². The number of carbonyl (C=O) groups excluding carboxylic acids is 2. The fraction of sp³-hybridized carbons (Fsp3) is 0.471. The average molecular weight is 348 g/mol. The van der Waals surface area contributed by atoms with Crippen LogP contribution in [-0.2, 0) is 15.3 Å². The molecule has 1 aromatic heterocycles. The molecule has 0 saturated heterocycles. The Labute approximate surface area is 146 Å². The number of fused-ring (bicyclic) bond motifs is 1. The normalized spacial score (nSPS) is 12.1. The van der Waals surface area contributed by atoms with E-state index in [1.54, 1.807) is 0 Å². The first-order valence-corrected chi connectivity index (χ1v) is 9.31. The number of benzene rings is 1. The molecule has 6 nitrogen and oxygen atoms in total. The smallest absolute Gasteiger partial charge is 0.230 e. The number of hydrogen-bond donors (Lipinski definition) is 3. The van der Waals surface area contributed by atoms with Crippen molar-refractivity contribution in [2.75, 3.05) is 12.3 Å². The van der Waals surface area contributed by atoms with Crippen molar-refractivity contribution in [2.24, 2.45) is 0 Å². The van der Waals surface area contributed by atoms with Crippen LogP contribution in [0.25, 0.3) is 11.0 Å². The molecule has 0 aliphatic rings. The number of aromatic amines is 1. The SMILES string of the molecule is CC[C@@H](C)NC(=O)CCNC(=O)CSCc1nc2ccccc2[nH]1. The second-order valence-corrected chi connectivity index (χ2v) is 6.66. The number of carbonyl (C=O) groups is 2. The lowest BCUT2D eigenvalue weighted by molar-refractivity contribution is -0.122. The molecule has 1 aromatic carbocycles. The lowest BCUT2D eigenvalue weighted by Gasteiger charge is -2.11. The number of imidazole rings is 1. The molecule has 7 heteroatoms. The minimum absolute atomic E-state index is 0.0282. The van der Waals surface area contributed by atoms with Gasteiger partial charge in [-0.3, -0.25) is 9.59 Å². The number of rotatable bonds is 9. The summed E-state index contributed by atoms with van der Waals surface area (Å²) in [6.45, 7) is 4.35. The summed E-state index contributed by atoms with van der Waals surface area (Å²) < 4.78 is 0. The first-order chi connectivity index (χ1) is 11.6. The predicted octanol–water partition coefficient (Wildman–Crippen LogP) is 2.22. The van der Waals surface area contributed by atoms with Gasteiger partial charge in [-0.1, -0.05) is 19.1 Å². The van der Waals surface area contributed by atoms with Crippen LogP contribution in [0.2, 0.25) is 0 Å². The Balaban J connectivity index is 1.62. The fourth-order valence-electron chi connectivity index (χ4n) is 2.13. The molecule has 2 amide bonds. The molecule has 0 aliphatic carbocycles. The lowest BCUT2D eigenvalue weighted by Crippen LogP contribution is -2.35. The van der Waals surface area contributed by atoms with E-state index in [0.717, 1.165) is 23.3 Å². The summed E-state index contributed by atoms with van der Waals surface area (Å²) in [5.74, 6) is 1.77. The van der Waals surface area contributed by atoms with Gasteiger partial charge in [-0.25, -0.2) is 4.98 Å². The highest BCUT2D eigenvalue weighted by atomic mass is 32.2. The number of amides is 2. The van der Waals surface area contributed by atoms with E-state index < -0.39 is 0 Å². The van der Waals surface area contributed by atoms with Gasteiger partial charge in [0.05, 0.1) is 22.5 Å². The van der Waals surface area contributed by atoms with Gasteiger partial charge in [-0.15, -0.1) is 11.8 Å². The zero-order chi connectivity index (χ0) is 17.4. The van der Waals surface area contributed by atoms with Crippen LogP contribution >= 0.6 is 11.8 Å². The highest BCUT2D eigenvalue weighted by Gasteiger charge is 2.08. The van der Waals surface area contributed by atoms with Crippen molar-refractivity contribution in [3.8, 4) is 0 Å². The Hall–Kier alpha value is -2.02. The van der Waals surface area contributed by atoms with Crippen molar-refractivity contribution < 1.29 is 9.59 Å². The number of aromatic nitrogens is 2. The number of H-pyrrole nitrogens is 1. The molecule has 0 aliphatic heterocycles. The van der Waals surface area contributed by atoms with Gasteiger partial charge in [0.25, 0.3) is 0 Å². The Bertz CT molecular complexity index is 653. The van der Waals surface area contributed by atoms with Gasteiger partial charge in [0.1, 0.15) is 5.82 Å². The first-order valence-electron chi connectivity index (χ1n) is 8.16. The third kappa shape index (κ3) is 5.88. The van der Waals surface area contributed by atoms with E-state index in [9.17, 15) is 9.59 Å². The van der Waals surface area contributed by atoms with Gasteiger partial charge in [0.2, 0.25) is 11.8 Å². The summed E-state index contributed by atoms with van der Waals surface area (Å²) in [6.07, 6.45) is 1.21. The van der Waals surface area contributed by atoms with E-state index in [4.69, 9.17) is 0 Å². The second kappa shape index (κ2) is 9.32. The largest absolute Gasteiger partial charge is 0.355 e. The van der Waals surface area contributed by atoms with E-state index in [-0.39, 0.29) is 17.9 Å². The lowest BCUT2D eigenvalue weighted by atomic mass is 10.2. The number of nitrogens with zero attached hydrogens (tertiary/aromatic N) is 1. The number of thioether (sulfide) groups is 1. The molecule has 0 fully saturated rings. The van der Waals surface area contributed by atoms with Crippen molar-refractivity contribution in [1.82, 2.24) is 20.6 Å². The predicted molar refractivity (Wildman–Crippen MR) is 97.8 cm³/mol. The van der Waals surface area contributed by atoms with Crippen LogP contribution in [0.4, 0.5) is 0 Å². The molecule has 0 saturated carbocycles. The van der Waals surface area contributed by atoms with Crippen LogP contribution in [0.15, 0.2) is 24.3 Å². The molecule has 1 heterocycles. The molecular weight excluding hydrogens is 324 g/mol. The molecule has 24 heavy (non-hydrogen) atoms. The summed E-state index contributed by atoms with van der Waals surface area (Å²) >= 11 is 1.50. The van der Waals surface area contributed by atoms with Crippen LogP contribution in [0.3, 0.4) is 0 Å². The Morgan fingerprint density at radius 2 is 2.08 bits per heavy atom. The van der Waals surface area contributed by atoms with Crippen molar-refractivity contribution >= 4 is 34.6 Å². The van der Waals surface area contributed by atoms with E-state index in [0.29, 0.717) is 24.5 Å². The van der Waals surface area contributed by atoms with Gasteiger partial charge in [0.15, 0.2) is 0 Å². The minimum Gasteiger partial charge on any atom is -0.355 e. The van der Waals surface area contributed by atoms with Crippen molar-refractivity contribution in [2.45, 2.75) is 38.5 Å². The molecule has 130 valence electrons. The van der Waals surface area contributed by atoms with Crippen molar-refractivity contribution in [3.63, 3.8) is 0 Å². The van der Waals surface area contributed by atoms with Crippen LogP contribution in [0, 0.1) is 0 Å². The van der Waals surface area contributed by atoms with E-state index in [2.05, 4.69) is 20.6 Å². The van der Waals surface area contributed by atoms with Gasteiger partial charge in [-0.2, -0.15) is 0 Å². The molecule has 2 aromatic rings. The fourth-order valence-corrected chi connectivity index (χ4v) is 2.85. The minimum atomic E-state index is -0.0625. The highest BCUT2D eigenvalue weighted by molar-refractivity contribution is 7.99. The standard InChI is InChI=1S/C17H24N4O2S/c1-3-12(2)19-16(22)8-9-18-17(23)11-24-10-15-20-13-6-4-5-7-14(13)21-15/h4-7,12H,3,8-11H2,1-2H3,(H,18,23)(H,19,22)(H,20,21)/t12-/m1/s1. The van der Waals surface area contributed by atoms with Crippen molar-refractivity contribution in [1.29, 1.82) is 0 Å². The Morgan fingerprint density at radius 1 is 1.29 bits per heavy atom. The maximum Gasteiger partial charge on any atom is 0.230 e.